The summed E-state index contributed by atoms with van der Waals surface area (Å²) in [6.07, 6.45) is 4.29. The molecule has 0 aliphatic carbocycles. The van der Waals surface area contributed by atoms with Crippen LogP contribution in [-0.4, -0.2) is 51.4 Å². The number of aromatic nitrogens is 4. The summed E-state index contributed by atoms with van der Waals surface area (Å²) in [5, 5.41) is 4.94. The van der Waals surface area contributed by atoms with Gasteiger partial charge in [0.1, 0.15) is 29.3 Å². The predicted molar refractivity (Wildman–Crippen MR) is 138 cm³/mol. The molecule has 2 aliphatic heterocycles. The first-order valence-corrected chi connectivity index (χ1v) is 12.6. The molecule has 2 saturated heterocycles. The Balaban J connectivity index is 1.27. The summed E-state index contributed by atoms with van der Waals surface area (Å²) < 4.78 is 20.9. The molecule has 1 unspecified atom stereocenters. The minimum Gasteiger partial charge on any atom is -0.446 e. The van der Waals surface area contributed by atoms with Crippen molar-refractivity contribution in [1.82, 2.24) is 19.6 Å². The van der Waals surface area contributed by atoms with Crippen molar-refractivity contribution in [2.24, 2.45) is 5.73 Å². The predicted octanol–water partition coefficient (Wildman–Crippen LogP) is 4.34. The number of pyridine rings is 1. The molecule has 2 aliphatic rings. The molecule has 3 aromatic heterocycles. The molecule has 4 aromatic rings. The maximum absolute atomic E-state index is 13.9. The molecule has 5 heterocycles. The van der Waals surface area contributed by atoms with E-state index >= 15 is 0 Å². The van der Waals surface area contributed by atoms with Gasteiger partial charge in [-0.15, -0.1) is 5.10 Å². The van der Waals surface area contributed by atoms with Gasteiger partial charge in [-0.3, -0.25) is 0 Å². The van der Waals surface area contributed by atoms with Gasteiger partial charge in [0.05, 0.1) is 17.9 Å². The molecule has 1 amide bonds. The number of anilines is 2. The summed E-state index contributed by atoms with van der Waals surface area (Å²) in [7, 11) is 0. The van der Waals surface area contributed by atoms with Crippen molar-refractivity contribution < 1.29 is 13.9 Å². The second kappa shape index (κ2) is 9.68. The van der Waals surface area contributed by atoms with E-state index in [1.165, 1.54) is 6.07 Å². The number of carbonyl (C=O) groups excluding carboxylic acids is 1. The number of nitrogens with zero attached hydrogens (tertiary/aromatic N) is 6. The molecule has 37 heavy (non-hydrogen) atoms. The Labute approximate surface area is 213 Å². The number of nitrogens with two attached hydrogens (primary N) is 1. The minimum absolute atomic E-state index is 0.0792. The quantitative estimate of drug-likeness (QED) is 0.434. The molecule has 9 nitrogen and oxygen atoms in total. The monoisotopic (exact) mass is 501 g/mol. The third kappa shape index (κ3) is 4.66. The number of carbonyl (C=O) groups is 1. The standard InChI is InChI=1S/C27H28FN7O2/c28-19-5-1-4-18(16-19)22-7-3-13-34(22)26-10-9-24-30-17-23(35(24)32-26)21-6-2-8-25(31-21)33-14-11-20(12-15-33)37-27(29)36/h1-2,4-6,8-10,16-17,20,22H,3,7,11-15H2,(H2,29,36). The van der Waals surface area contributed by atoms with Crippen LogP contribution >= 0.6 is 0 Å². The Hall–Kier alpha value is -4.21. The molecule has 6 rings (SSSR count). The van der Waals surface area contributed by atoms with Crippen LogP contribution < -0.4 is 15.5 Å². The van der Waals surface area contributed by atoms with Crippen molar-refractivity contribution in [2.45, 2.75) is 37.8 Å². The molecule has 190 valence electrons. The molecular formula is C27H28FN7O2. The van der Waals surface area contributed by atoms with Gasteiger partial charge < -0.3 is 20.3 Å². The fourth-order valence-corrected chi connectivity index (χ4v) is 5.40. The zero-order valence-corrected chi connectivity index (χ0v) is 20.3. The number of benzene rings is 1. The molecule has 0 bridgehead atoms. The van der Waals surface area contributed by atoms with Crippen molar-refractivity contribution in [3.8, 4) is 11.4 Å². The first-order valence-electron chi connectivity index (χ1n) is 12.6. The smallest absolute Gasteiger partial charge is 0.404 e. The van der Waals surface area contributed by atoms with Crippen LogP contribution in [0.3, 0.4) is 0 Å². The van der Waals surface area contributed by atoms with Gasteiger partial charge in [-0.2, -0.15) is 0 Å². The second-order valence-corrected chi connectivity index (χ2v) is 9.52. The molecule has 1 aromatic carbocycles. The van der Waals surface area contributed by atoms with Gasteiger partial charge >= 0.3 is 6.09 Å². The van der Waals surface area contributed by atoms with Gasteiger partial charge in [-0.1, -0.05) is 18.2 Å². The summed E-state index contributed by atoms with van der Waals surface area (Å²) >= 11 is 0. The van der Waals surface area contributed by atoms with E-state index in [1.807, 2.05) is 40.9 Å². The average Bonchev–Trinajstić information content (AvgIpc) is 3.56. The lowest BCUT2D eigenvalue weighted by molar-refractivity contribution is 0.0911. The van der Waals surface area contributed by atoms with E-state index in [9.17, 15) is 9.18 Å². The third-order valence-electron chi connectivity index (χ3n) is 7.17. The lowest BCUT2D eigenvalue weighted by Gasteiger charge is -2.32. The summed E-state index contributed by atoms with van der Waals surface area (Å²) in [6, 6.07) is 16.8. The van der Waals surface area contributed by atoms with E-state index in [1.54, 1.807) is 18.3 Å². The van der Waals surface area contributed by atoms with E-state index in [-0.39, 0.29) is 18.0 Å². The number of hydrogen-bond acceptors (Lipinski definition) is 7. The van der Waals surface area contributed by atoms with Gasteiger partial charge in [-0.25, -0.2) is 23.7 Å². The highest BCUT2D eigenvalue weighted by Crippen LogP contribution is 2.36. The maximum Gasteiger partial charge on any atom is 0.404 e. The molecular weight excluding hydrogens is 473 g/mol. The summed E-state index contributed by atoms with van der Waals surface area (Å²) in [5.41, 5.74) is 8.43. The Morgan fingerprint density at radius 1 is 1.00 bits per heavy atom. The topological polar surface area (TPSA) is 102 Å². The van der Waals surface area contributed by atoms with Crippen LogP contribution in [0.5, 0.6) is 0 Å². The Morgan fingerprint density at radius 3 is 2.65 bits per heavy atom. The molecule has 10 heteroatoms. The van der Waals surface area contributed by atoms with E-state index < -0.39 is 6.09 Å². The van der Waals surface area contributed by atoms with Crippen molar-refractivity contribution in [3.63, 3.8) is 0 Å². The Kier molecular flexibility index (Phi) is 6.07. The third-order valence-corrected chi connectivity index (χ3v) is 7.17. The number of primary amides is 1. The van der Waals surface area contributed by atoms with Crippen molar-refractivity contribution in [3.05, 3.63) is 72.2 Å². The van der Waals surface area contributed by atoms with E-state index in [4.69, 9.17) is 20.6 Å². The zero-order chi connectivity index (χ0) is 25.4. The number of ether oxygens (including phenoxy) is 1. The first-order chi connectivity index (χ1) is 18.0. The van der Waals surface area contributed by atoms with Crippen LogP contribution in [0.2, 0.25) is 0 Å². The number of piperidine rings is 1. The fraction of sp³-hybridized carbons (Fsp3) is 0.333. The first kappa shape index (κ1) is 23.2. The summed E-state index contributed by atoms with van der Waals surface area (Å²) in [6.45, 7) is 2.30. The van der Waals surface area contributed by atoms with E-state index in [2.05, 4.69) is 14.8 Å². The summed E-state index contributed by atoms with van der Waals surface area (Å²) in [4.78, 5) is 24.9. The number of halogens is 1. The highest BCUT2D eigenvalue weighted by Gasteiger charge is 2.28. The lowest BCUT2D eigenvalue weighted by Crippen LogP contribution is -2.39. The van der Waals surface area contributed by atoms with Crippen LogP contribution in [0, 0.1) is 5.82 Å². The highest BCUT2D eigenvalue weighted by atomic mass is 19.1. The van der Waals surface area contributed by atoms with Crippen LogP contribution in [0.1, 0.15) is 37.3 Å². The highest BCUT2D eigenvalue weighted by molar-refractivity contribution is 5.65. The van der Waals surface area contributed by atoms with Crippen LogP contribution in [0.4, 0.5) is 20.8 Å². The molecule has 1 atom stereocenters. The largest absolute Gasteiger partial charge is 0.446 e. The number of fused-ring (bicyclic) bond motifs is 1. The summed E-state index contributed by atoms with van der Waals surface area (Å²) in [5.74, 6) is 1.46. The minimum atomic E-state index is -0.728. The van der Waals surface area contributed by atoms with Crippen molar-refractivity contribution in [2.75, 3.05) is 29.4 Å². The van der Waals surface area contributed by atoms with E-state index in [0.717, 1.165) is 66.7 Å². The Morgan fingerprint density at radius 2 is 1.84 bits per heavy atom. The lowest BCUT2D eigenvalue weighted by atomic mass is 10.0. The number of imidazole rings is 1. The Bertz CT molecular complexity index is 1430. The molecule has 0 radical (unpaired) electrons. The normalized spacial score (nSPS) is 18.5. The van der Waals surface area contributed by atoms with Gasteiger partial charge in [0.2, 0.25) is 0 Å². The van der Waals surface area contributed by atoms with Crippen LogP contribution in [0.15, 0.2) is 60.8 Å². The zero-order valence-electron chi connectivity index (χ0n) is 20.3. The number of hydrogen-bond donors (Lipinski definition) is 1. The van der Waals surface area contributed by atoms with Crippen molar-refractivity contribution in [1.29, 1.82) is 0 Å². The number of rotatable bonds is 5. The van der Waals surface area contributed by atoms with Gasteiger partial charge in [0.25, 0.3) is 0 Å². The maximum atomic E-state index is 13.9. The van der Waals surface area contributed by atoms with Crippen LogP contribution in [-0.2, 0) is 4.74 Å². The second-order valence-electron chi connectivity index (χ2n) is 9.52. The molecule has 2 N–H and O–H groups in total. The van der Waals surface area contributed by atoms with Gasteiger partial charge in [-0.05, 0) is 54.8 Å². The molecule has 0 spiro atoms. The number of amides is 1. The van der Waals surface area contributed by atoms with Gasteiger partial charge in [0, 0.05) is 32.5 Å². The fourth-order valence-electron chi connectivity index (χ4n) is 5.40. The van der Waals surface area contributed by atoms with Crippen molar-refractivity contribution >= 4 is 23.4 Å². The molecule has 2 fully saturated rings. The van der Waals surface area contributed by atoms with Crippen LogP contribution in [0.25, 0.3) is 17.0 Å². The average molecular weight is 502 g/mol. The molecule has 0 saturated carbocycles. The SMILES string of the molecule is NC(=O)OC1CCN(c2cccc(-c3cnc4ccc(N5CCCC5c5cccc(F)c5)nn34)n2)CC1. The van der Waals surface area contributed by atoms with Gasteiger partial charge in [0.15, 0.2) is 5.65 Å². The van der Waals surface area contributed by atoms with E-state index in [0.29, 0.717) is 12.8 Å².